The highest BCUT2D eigenvalue weighted by Gasteiger charge is 2.29. The van der Waals surface area contributed by atoms with E-state index in [1.165, 1.54) is 11.4 Å². The van der Waals surface area contributed by atoms with Crippen molar-refractivity contribution in [2.75, 3.05) is 32.5 Å². The molecule has 0 saturated carbocycles. The molecular weight excluding hydrogens is 232 g/mol. The van der Waals surface area contributed by atoms with Gasteiger partial charge in [-0.05, 0) is 6.92 Å². The van der Waals surface area contributed by atoms with Gasteiger partial charge < -0.3 is 10.1 Å². The fourth-order valence-corrected chi connectivity index (χ4v) is 3.32. The van der Waals surface area contributed by atoms with Crippen LogP contribution in [0.5, 0.6) is 0 Å². The van der Waals surface area contributed by atoms with Gasteiger partial charge in [-0.25, -0.2) is 8.42 Å². The molecule has 1 fully saturated rings. The summed E-state index contributed by atoms with van der Waals surface area (Å²) < 4.78 is 29.7. The fourth-order valence-electron chi connectivity index (χ4n) is 1.67. The summed E-state index contributed by atoms with van der Waals surface area (Å²) in [5.74, 6) is -0.671. The maximum absolute atomic E-state index is 11.9. The molecule has 1 heterocycles. The van der Waals surface area contributed by atoms with Crippen molar-refractivity contribution in [3.05, 3.63) is 0 Å². The monoisotopic (exact) mass is 250 g/mol. The van der Waals surface area contributed by atoms with Crippen LogP contribution in [0.3, 0.4) is 0 Å². The molecule has 0 aromatic heterocycles. The average molecular weight is 250 g/mol. The Bertz CT molecular complexity index is 341. The molecule has 1 N–H and O–H groups in total. The van der Waals surface area contributed by atoms with Crippen molar-refractivity contribution in [2.45, 2.75) is 19.4 Å². The zero-order valence-corrected chi connectivity index (χ0v) is 10.4. The zero-order valence-electron chi connectivity index (χ0n) is 9.60. The maximum atomic E-state index is 11.9. The zero-order chi connectivity index (χ0) is 12.2. The Hall–Kier alpha value is -0.660. The molecular formula is C9H18N2O4S. The molecule has 16 heavy (non-hydrogen) atoms. The maximum Gasteiger partial charge on any atom is 0.306 e. The van der Waals surface area contributed by atoms with Gasteiger partial charge in [0.25, 0.3) is 0 Å². The second-order valence-electron chi connectivity index (χ2n) is 3.81. The minimum atomic E-state index is -3.35. The molecule has 0 aromatic carbocycles. The quantitative estimate of drug-likeness (QED) is 0.659. The normalized spacial score (nSPS) is 23.0. The molecule has 7 heteroatoms. The molecule has 0 unspecified atom stereocenters. The Balaban J connectivity index is 2.58. The Morgan fingerprint density at radius 3 is 2.81 bits per heavy atom. The molecule has 1 atom stereocenters. The molecule has 1 saturated heterocycles. The minimum absolute atomic E-state index is 0.0589. The first-order valence-corrected chi connectivity index (χ1v) is 6.85. The summed E-state index contributed by atoms with van der Waals surface area (Å²) in [5, 5.41) is 3.11. The molecule has 0 spiro atoms. The van der Waals surface area contributed by atoms with Gasteiger partial charge in [0.2, 0.25) is 10.0 Å². The predicted octanol–water partition coefficient (Wildman–Crippen LogP) is -0.827. The summed E-state index contributed by atoms with van der Waals surface area (Å²) in [6.07, 6.45) is -0.0878. The van der Waals surface area contributed by atoms with Crippen LogP contribution >= 0.6 is 0 Å². The van der Waals surface area contributed by atoms with E-state index in [1.54, 1.807) is 0 Å². The Morgan fingerprint density at radius 2 is 2.25 bits per heavy atom. The fraction of sp³-hybridized carbons (Fsp3) is 0.889. The van der Waals surface area contributed by atoms with Crippen molar-refractivity contribution in [2.24, 2.45) is 0 Å². The van der Waals surface area contributed by atoms with Crippen LogP contribution in [0, 0.1) is 0 Å². The van der Waals surface area contributed by atoms with Gasteiger partial charge in [0.05, 0.1) is 19.3 Å². The number of hydrogen-bond donors (Lipinski definition) is 1. The van der Waals surface area contributed by atoms with Crippen molar-refractivity contribution < 1.29 is 17.9 Å². The summed E-state index contributed by atoms with van der Waals surface area (Å²) in [5.41, 5.74) is 0. The molecule has 1 aliphatic heterocycles. The Morgan fingerprint density at radius 1 is 1.56 bits per heavy atom. The van der Waals surface area contributed by atoms with Crippen molar-refractivity contribution in [3.63, 3.8) is 0 Å². The van der Waals surface area contributed by atoms with E-state index < -0.39 is 16.0 Å². The van der Waals surface area contributed by atoms with Gasteiger partial charge in [-0.3, -0.25) is 4.79 Å². The van der Waals surface area contributed by atoms with Gasteiger partial charge in [0.1, 0.15) is 0 Å². The molecule has 0 amide bonds. The lowest BCUT2D eigenvalue weighted by atomic mass is 10.3. The largest absolute Gasteiger partial charge is 0.469 e. The highest BCUT2D eigenvalue weighted by atomic mass is 32.2. The number of nitrogens with zero attached hydrogens (tertiary/aromatic N) is 1. The van der Waals surface area contributed by atoms with Crippen LogP contribution in [0.1, 0.15) is 13.3 Å². The number of hydrogen-bond acceptors (Lipinski definition) is 5. The number of esters is 1. The number of methoxy groups -OCH3 is 1. The third-order valence-corrected chi connectivity index (χ3v) is 4.57. The van der Waals surface area contributed by atoms with Gasteiger partial charge in [0, 0.05) is 25.7 Å². The number of sulfonamides is 1. The van der Waals surface area contributed by atoms with E-state index in [4.69, 9.17) is 0 Å². The third kappa shape index (κ3) is 3.43. The van der Waals surface area contributed by atoms with E-state index in [0.29, 0.717) is 19.6 Å². The van der Waals surface area contributed by atoms with Gasteiger partial charge in [-0.2, -0.15) is 4.31 Å². The summed E-state index contributed by atoms with van der Waals surface area (Å²) in [6, 6.07) is -0.0589. The van der Waals surface area contributed by atoms with Gasteiger partial charge in [-0.1, -0.05) is 0 Å². The van der Waals surface area contributed by atoms with Crippen LogP contribution in [0.4, 0.5) is 0 Å². The van der Waals surface area contributed by atoms with Gasteiger partial charge >= 0.3 is 5.97 Å². The van der Waals surface area contributed by atoms with Crippen LogP contribution in [0.2, 0.25) is 0 Å². The number of nitrogens with one attached hydrogen (secondary N) is 1. The lowest BCUT2D eigenvalue weighted by Gasteiger charge is -2.32. The summed E-state index contributed by atoms with van der Waals surface area (Å²) in [6.45, 7) is 3.62. The molecule has 1 aliphatic rings. The molecule has 6 nitrogen and oxygen atoms in total. The minimum Gasteiger partial charge on any atom is -0.469 e. The third-order valence-electron chi connectivity index (χ3n) is 2.59. The lowest BCUT2D eigenvalue weighted by molar-refractivity contribution is -0.140. The number of rotatable bonds is 4. The van der Waals surface area contributed by atoms with Crippen LogP contribution < -0.4 is 5.32 Å². The predicted molar refractivity (Wildman–Crippen MR) is 59.5 cm³/mol. The molecule has 0 aliphatic carbocycles. The van der Waals surface area contributed by atoms with Crippen molar-refractivity contribution >= 4 is 16.0 Å². The first-order chi connectivity index (χ1) is 7.47. The van der Waals surface area contributed by atoms with E-state index in [9.17, 15) is 13.2 Å². The Labute approximate surface area is 96.0 Å². The van der Waals surface area contributed by atoms with E-state index in [0.717, 1.165) is 0 Å². The number of carbonyl (C=O) groups is 1. The van der Waals surface area contributed by atoms with Gasteiger partial charge in [0.15, 0.2) is 0 Å². The van der Waals surface area contributed by atoms with E-state index in [-0.39, 0.29) is 18.2 Å². The lowest BCUT2D eigenvalue weighted by Crippen LogP contribution is -2.52. The van der Waals surface area contributed by atoms with Crippen LogP contribution in [0.15, 0.2) is 0 Å². The topological polar surface area (TPSA) is 75.7 Å². The SMILES string of the molecule is COC(=O)CCS(=O)(=O)N1CCNC[C@@H]1C. The molecule has 0 aromatic rings. The molecule has 1 rings (SSSR count). The Kier molecular flexibility index (Phi) is 4.69. The van der Waals surface area contributed by atoms with E-state index in [1.807, 2.05) is 6.92 Å². The first-order valence-electron chi connectivity index (χ1n) is 5.24. The van der Waals surface area contributed by atoms with Crippen molar-refractivity contribution in [3.8, 4) is 0 Å². The first kappa shape index (κ1) is 13.4. The van der Waals surface area contributed by atoms with Crippen LogP contribution in [0.25, 0.3) is 0 Å². The van der Waals surface area contributed by atoms with E-state index in [2.05, 4.69) is 10.1 Å². The number of piperazine rings is 1. The van der Waals surface area contributed by atoms with Crippen LogP contribution in [-0.2, 0) is 19.6 Å². The molecule has 94 valence electrons. The van der Waals surface area contributed by atoms with Crippen LogP contribution in [-0.4, -0.2) is 57.2 Å². The highest BCUT2D eigenvalue weighted by molar-refractivity contribution is 7.89. The average Bonchev–Trinajstić information content (AvgIpc) is 2.26. The summed E-state index contributed by atoms with van der Waals surface area (Å²) >= 11 is 0. The molecule has 0 bridgehead atoms. The highest BCUT2D eigenvalue weighted by Crippen LogP contribution is 2.11. The number of carbonyl (C=O) groups excluding carboxylic acids is 1. The van der Waals surface area contributed by atoms with Crippen molar-refractivity contribution in [1.29, 1.82) is 0 Å². The molecule has 0 radical (unpaired) electrons. The number of ether oxygens (including phenoxy) is 1. The smallest absolute Gasteiger partial charge is 0.306 e. The second kappa shape index (κ2) is 5.60. The van der Waals surface area contributed by atoms with E-state index >= 15 is 0 Å². The van der Waals surface area contributed by atoms with Crippen molar-refractivity contribution in [1.82, 2.24) is 9.62 Å². The van der Waals surface area contributed by atoms with Gasteiger partial charge in [-0.15, -0.1) is 0 Å². The summed E-state index contributed by atoms with van der Waals surface area (Å²) in [7, 11) is -2.09. The second-order valence-corrected chi connectivity index (χ2v) is 5.85. The summed E-state index contributed by atoms with van der Waals surface area (Å²) in [4.78, 5) is 10.9. The standard InChI is InChI=1S/C9H18N2O4S/c1-8-7-10-4-5-11(8)16(13,14)6-3-9(12)15-2/h8,10H,3-7H2,1-2H3/t8-/m0/s1.